The van der Waals surface area contributed by atoms with E-state index in [0.717, 1.165) is 58.0 Å². The van der Waals surface area contributed by atoms with Crippen LogP contribution in [0.1, 0.15) is 158 Å². The van der Waals surface area contributed by atoms with E-state index in [9.17, 15) is 9.90 Å². The maximum Gasteiger partial charge on any atom is 0.226 e. The van der Waals surface area contributed by atoms with Gasteiger partial charge in [-0.2, -0.15) is 0 Å². The van der Waals surface area contributed by atoms with Crippen molar-refractivity contribution in [3.05, 3.63) is 0 Å². The van der Waals surface area contributed by atoms with E-state index in [1.54, 1.807) is 0 Å². The third-order valence-corrected chi connectivity index (χ3v) is 19.3. The largest absolute Gasteiger partial charge is 0.393 e. The number of carbonyl (C=O) groups is 2. The van der Waals surface area contributed by atoms with Crippen molar-refractivity contribution >= 4 is 11.8 Å². The summed E-state index contributed by atoms with van der Waals surface area (Å²) < 4.78 is 0. The molecule has 8 aliphatic rings. The van der Waals surface area contributed by atoms with Gasteiger partial charge in [-0.1, -0.05) is 55.4 Å². The van der Waals surface area contributed by atoms with Gasteiger partial charge in [0, 0.05) is 25.0 Å². The monoisotopic (exact) mass is 663 g/mol. The van der Waals surface area contributed by atoms with Crippen LogP contribution in [0, 0.1) is 73.4 Å². The van der Waals surface area contributed by atoms with Crippen LogP contribution in [0.15, 0.2) is 0 Å². The van der Waals surface area contributed by atoms with Gasteiger partial charge in [-0.25, -0.2) is 0 Å². The third kappa shape index (κ3) is 4.36. The zero-order valence-corrected chi connectivity index (χ0v) is 32.1. The van der Waals surface area contributed by atoms with Crippen LogP contribution in [0.4, 0.5) is 0 Å². The minimum absolute atomic E-state index is 0.0182. The Morgan fingerprint density at radius 1 is 0.667 bits per heavy atom. The van der Waals surface area contributed by atoms with Crippen LogP contribution < -0.4 is 5.32 Å². The lowest BCUT2D eigenvalue weighted by molar-refractivity contribution is -0.248. The van der Waals surface area contributed by atoms with Crippen LogP contribution in [-0.2, 0) is 9.59 Å². The van der Waals surface area contributed by atoms with Crippen LogP contribution in [-0.4, -0.2) is 47.1 Å². The summed E-state index contributed by atoms with van der Waals surface area (Å²) in [5.41, 5.74) is 0.755. The molecule has 2 N–H and O–H groups in total. The number of likely N-dealkylation sites (tertiary alicyclic amines) is 1. The van der Waals surface area contributed by atoms with Crippen molar-refractivity contribution in [3.63, 3.8) is 0 Å². The number of amides is 2. The van der Waals surface area contributed by atoms with Gasteiger partial charge in [-0.15, -0.1) is 0 Å². The molecule has 0 aromatic carbocycles. The highest BCUT2D eigenvalue weighted by atomic mass is 16.3. The number of carbonyl (C=O) groups excluding carboxylic acids is 2. The summed E-state index contributed by atoms with van der Waals surface area (Å²) in [4.78, 5) is 30.7. The summed E-state index contributed by atoms with van der Waals surface area (Å²) in [6.07, 6.45) is 18.5. The topological polar surface area (TPSA) is 69.6 Å². The summed E-state index contributed by atoms with van der Waals surface area (Å²) in [7, 11) is 0. The highest BCUT2D eigenvalue weighted by Gasteiger charge is 2.73. The van der Waals surface area contributed by atoms with Gasteiger partial charge in [-0.05, 0) is 165 Å². The minimum Gasteiger partial charge on any atom is -0.393 e. The van der Waals surface area contributed by atoms with E-state index in [1.165, 1.54) is 57.8 Å². The quantitative estimate of drug-likeness (QED) is 0.316. The summed E-state index contributed by atoms with van der Waals surface area (Å²) in [6, 6.07) is 0.0936. The summed E-state index contributed by atoms with van der Waals surface area (Å²) >= 11 is 0. The van der Waals surface area contributed by atoms with Gasteiger partial charge in [0.1, 0.15) is 0 Å². The minimum atomic E-state index is -0.250. The van der Waals surface area contributed by atoms with Crippen molar-refractivity contribution in [3.8, 4) is 0 Å². The number of rotatable bonds is 4. The van der Waals surface area contributed by atoms with Crippen molar-refractivity contribution in [1.82, 2.24) is 10.2 Å². The molecule has 5 heteroatoms. The Bertz CT molecular complexity index is 1330. The van der Waals surface area contributed by atoms with Gasteiger partial charge in [0.2, 0.25) is 11.8 Å². The highest BCUT2D eigenvalue weighted by Crippen LogP contribution is 2.79. The van der Waals surface area contributed by atoms with Crippen molar-refractivity contribution in [1.29, 1.82) is 0 Å². The van der Waals surface area contributed by atoms with Gasteiger partial charge >= 0.3 is 0 Å². The molecule has 1 aliphatic heterocycles. The second-order valence-electron chi connectivity index (χ2n) is 21.5. The Labute approximate surface area is 292 Å². The lowest BCUT2D eigenvalue weighted by atomic mass is 9.32. The average molecular weight is 663 g/mol. The van der Waals surface area contributed by atoms with E-state index in [-0.39, 0.29) is 50.6 Å². The Balaban J connectivity index is 1.07. The first-order chi connectivity index (χ1) is 22.5. The SMILES string of the molecule is CC1(C2CCC3(C(=O)NC4CC(C(=O)N5CCCCC5)C4(C)C)CCC4(C)C(CCC5C6(C)CCC(O)C(C)(C)C6CCC54C)C23)CC1. The number of nitrogens with one attached hydrogen (secondary N) is 1. The molecule has 12 atom stereocenters. The van der Waals surface area contributed by atoms with E-state index in [4.69, 9.17) is 0 Å². The fourth-order valence-electron chi connectivity index (χ4n) is 15.5. The van der Waals surface area contributed by atoms with E-state index >= 15 is 4.79 Å². The van der Waals surface area contributed by atoms with Gasteiger partial charge in [0.15, 0.2) is 0 Å². The molecule has 270 valence electrons. The molecule has 1 saturated heterocycles. The lowest BCUT2D eigenvalue weighted by Gasteiger charge is -2.73. The molecule has 2 amide bonds. The summed E-state index contributed by atoms with van der Waals surface area (Å²) in [5, 5.41) is 14.9. The Morgan fingerprint density at radius 2 is 1.38 bits per heavy atom. The molecule has 0 spiro atoms. The fourth-order valence-corrected chi connectivity index (χ4v) is 15.5. The molecular formula is C43H70N2O3. The third-order valence-electron chi connectivity index (χ3n) is 19.3. The zero-order chi connectivity index (χ0) is 34.3. The van der Waals surface area contributed by atoms with E-state index in [0.29, 0.717) is 46.8 Å². The lowest BCUT2D eigenvalue weighted by Crippen LogP contribution is -2.68. The number of aliphatic hydroxyl groups is 1. The number of fused-ring (bicyclic) bond motifs is 7. The Kier molecular flexibility index (Phi) is 7.60. The first-order valence-corrected chi connectivity index (χ1v) is 20.7. The maximum atomic E-state index is 15.0. The molecule has 12 unspecified atom stereocenters. The number of aliphatic hydroxyl groups excluding tert-OH is 1. The molecule has 0 aromatic rings. The second kappa shape index (κ2) is 10.7. The summed E-state index contributed by atoms with van der Waals surface area (Å²) in [6.45, 7) is 21.6. The number of hydrogen-bond donors (Lipinski definition) is 2. The fraction of sp³-hybridized carbons (Fsp3) is 0.953. The second-order valence-corrected chi connectivity index (χ2v) is 21.5. The Hall–Kier alpha value is -1.10. The van der Waals surface area contributed by atoms with Crippen molar-refractivity contribution in [2.75, 3.05) is 13.1 Å². The molecular weight excluding hydrogens is 592 g/mol. The van der Waals surface area contributed by atoms with Crippen molar-refractivity contribution < 1.29 is 14.7 Å². The maximum absolute atomic E-state index is 15.0. The van der Waals surface area contributed by atoms with Crippen LogP contribution in [0.3, 0.4) is 0 Å². The molecule has 0 radical (unpaired) electrons. The van der Waals surface area contributed by atoms with Crippen LogP contribution in [0.2, 0.25) is 0 Å². The van der Waals surface area contributed by atoms with Gasteiger partial charge < -0.3 is 15.3 Å². The first kappa shape index (κ1) is 34.0. The molecule has 0 aromatic heterocycles. The van der Waals surface area contributed by atoms with Crippen LogP contribution in [0.25, 0.3) is 0 Å². The predicted molar refractivity (Wildman–Crippen MR) is 192 cm³/mol. The molecule has 8 fully saturated rings. The summed E-state index contributed by atoms with van der Waals surface area (Å²) in [5.74, 6) is 3.74. The molecule has 8 rings (SSSR count). The molecule has 48 heavy (non-hydrogen) atoms. The molecule has 0 bridgehead atoms. The number of nitrogens with zero attached hydrogens (tertiary/aromatic N) is 1. The van der Waals surface area contributed by atoms with Crippen LogP contribution >= 0.6 is 0 Å². The smallest absolute Gasteiger partial charge is 0.226 e. The van der Waals surface area contributed by atoms with Crippen molar-refractivity contribution in [2.24, 2.45) is 73.4 Å². The Morgan fingerprint density at radius 3 is 2.04 bits per heavy atom. The van der Waals surface area contributed by atoms with E-state index in [2.05, 4.69) is 65.6 Å². The number of hydrogen-bond acceptors (Lipinski definition) is 3. The zero-order valence-electron chi connectivity index (χ0n) is 32.1. The highest BCUT2D eigenvalue weighted by molar-refractivity contribution is 5.86. The first-order valence-electron chi connectivity index (χ1n) is 20.7. The van der Waals surface area contributed by atoms with Gasteiger partial charge in [-0.3, -0.25) is 9.59 Å². The number of piperidine rings is 1. The normalized spacial score (nSPS) is 51.3. The molecule has 7 saturated carbocycles. The molecule has 1 heterocycles. The average Bonchev–Trinajstić information content (AvgIpc) is 3.66. The predicted octanol–water partition coefficient (Wildman–Crippen LogP) is 8.77. The van der Waals surface area contributed by atoms with Gasteiger partial charge in [0.25, 0.3) is 0 Å². The van der Waals surface area contributed by atoms with E-state index in [1.807, 2.05) is 0 Å². The van der Waals surface area contributed by atoms with Crippen LogP contribution in [0.5, 0.6) is 0 Å². The van der Waals surface area contributed by atoms with Gasteiger partial charge in [0.05, 0.1) is 11.5 Å². The van der Waals surface area contributed by atoms with Crippen molar-refractivity contribution in [2.45, 2.75) is 170 Å². The molecule has 7 aliphatic carbocycles. The van der Waals surface area contributed by atoms with E-state index < -0.39 is 0 Å². The standard InChI is InChI=1S/C43H70N2O3/c1-37(2)29(35(47)45-24-10-9-11-25-45)26-32(37)44-36(48)43-19-14-27(39(5)20-21-39)34(43)28-12-13-31-40(6)17-16-33(46)38(3,4)30(40)15-18-42(31,8)41(28,7)22-23-43/h27-34,46H,9-26H2,1-8H3,(H,44,48). The molecule has 5 nitrogen and oxygen atoms in total.